The SMILES string of the molecule is Cn1c(-c2[c-]c(-c3nc4c(C(C)(C)c5[c-]cc(F)cc5F)cccc4n3C)cc(C#N)c2)nc2ccccc21.[Pt+2]. The molecular weight excluding hydrogens is 687 g/mol. The Bertz CT molecular complexity index is 1960. The van der Waals surface area contributed by atoms with Gasteiger partial charge in [0.05, 0.1) is 39.8 Å². The van der Waals surface area contributed by atoms with E-state index in [1.54, 1.807) is 12.1 Å². The summed E-state index contributed by atoms with van der Waals surface area (Å²) in [4.78, 5) is 9.76. The zero-order valence-electron chi connectivity index (χ0n) is 22.2. The number of benzene rings is 4. The Kier molecular flexibility index (Phi) is 6.93. The number of aryl methyl sites for hydroxylation is 2. The zero-order chi connectivity index (χ0) is 27.5. The van der Waals surface area contributed by atoms with Gasteiger partial charge >= 0.3 is 21.1 Å². The van der Waals surface area contributed by atoms with Crippen molar-refractivity contribution in [3.05, 3.63) is 107 Å². The summed E-state index contributed by atoms with van der Waals surface area (Å²) in [7, 11) is 3.83. The van der Waals surface area contributed by atoms with Gasteiger partial charge in [-0.25, -0.2) is 0 Å². The molecule has 0 radical (unpaired) electrons. The molecule has 8 heteroatoms. The quantitative estimate of drug-likeness (QED) is 0.188. The maximum atomic E-state index is 14.8. The minimum absolute atomic E-state index is 0. The van der Waals surface area contributed by atoms with Gasteiger partial charge in [0.25, 0.3) is 0 Å². The third-order valence-corrected chi connectivity index (χ3v) is 7.33. The van der Waals surface area contributed by atoms with Crippen molar-refractivity contribution in [2.24, 2.45) is 14.1 Å². The molecule has 0 saturated heterocycles. The number of aromatic nitrogens is 4. The van der Waals surface area contributed by atoms with Gasteiger partial charge in [-0.05, 0) is 34.7 Å². The molecule has 6 rings (SSSR count). The van der Waals surface area contributed by atoms with Crippen LogP contribution in [0.25, 0.3) is 44.8 Å². The zero-order valence-corrected chi connectivity index (χ0v) is 24.4. The van der Waals surface area contributed by atoms with Gasteiger partial charge < -0.3 is 9.13 Å². The van der Waals surface area contributed by atoms with Crippen LogP contribution in [0.3, 0.4) is 0 Å². The molecule has 0 unspecified atom stereocenters. The smallest absolute Gasteiger partial charge is 0.359 e. The van der Waals surface area contributed by atoms with E-state index in [-0.39, 0.29) is 26.6 Å². The Labute approximate surface area is 245 Å². The van der Waals surface area contributed by atoms with Crippen LogP contribution < -0.4 is 0 Å². The largest absolute Gasteiger partial charge is 2.00 e. The first-order valence-corrected chi connectivity index (χ1v) is 12.4. The summed E-state index contributed by atoms with van der Waals surface area (Å²) in [6.45, 7) is 3.74. The predicted octanol–water partition coefficient (Wildman–Crippen LogP) is 6.87. The van der Waals surface area contributed by atoms with Crippen LogP contribution in [0.4, 0.5) is 8.78 Å². The number of imidazole rings is 2. The Hall–Kier alpha value is -4.14. The molecule has 200 valence electrons. The number of nitriles is 1. The van der Waals surface area contributed by atoms with E-state index >= 15 is 0 Å². The fourth-order valence-electron chi connectivity index (χ4n) is 5.28. The third-order valence-electron chi connectivity index (χ3n) is 7.33. The number of halogens is 2. The molecule has 0 atom stereocenters. The summed E-state index contributed by atoms with van der Waals surface area (Å²) in [5, 5.41) is 9.84. The van der Waals surface area contributed by atoms with Crippen molar-refractivity contribution in [1.29, 1.82) is 5.26 Å². The average molecular weight is 711 g/mol. The van der Waals surface area contributed by atoms with Crippen LogP contribution in [0.2, 0.25) is 0 Å². The van der Waals surface area contributed by atoms with Gasteiger partial charge in [-0.3, -0.25) is 18.7 Å². The molecule has 0 fully saturated rings. The van der Waals surface area contributed by atoms with Crippen molar-refractivity contribution in [3.8, 4) is 28.8 Å². The molecule has 5 nitrogen and oxygen atoms in total. The molecule has 2 aromatic heterocycles. The second-order valence-corrected chi connectivity index (χ2v) is 10.1. The number of hydrogen-bond donors (Lipinski definition) is 0. The molecule has 0 aliphatic heterocycles. The summed E-state index contributed by atoms with van der Waals surface area (Å²) < 4.78 is 32.4. The Morgan fingerprint density at radius 2 is 1.52 bits per heavy atom. The second-order valence-electron chi connectivity index (χ2n) is 10.1. The monoisotopic (exact) mass is 710 g/mol. The summed E-state index contributed by atoms with van der Waals surface area (Å²) in [5.74, 6) is -0.0311. The molecule has 40 heavy (non-hydrogen) atoms. The number of para-hydroxylation sites is 3. The fraction of sp³-hybridized carbons (Fsp3) is 0.156. The summed E-state index contributed by atoms with van der Waals surface area (Å²) in [5.41, 5.74) is 5.30. The van der Waals surface area contributed by atoms with Crippen molar-refractivity contribution in [1.82, 2.24) is 19.1 Å². The maximum Gasteiger partial charge on any atom is 2.00 e. The van der Waals surface area contributed by atoms with Crippen molar-refractivity contribution in [3.63, 3.8) is 0 Å². The molecule has 4 aromatic carbocycles. The summed E-state index contributed by atoms with van der Waals surface area (Å²) in [6.07, 6.45) is 0. The molecule has 0 aliphatic carbocycles. The van der Waals surface area contributed by atoms with Gasteiger partial charge in [0, 0.05) is 25.7 Å². The van der Waals surface area contributed by atoms with Crippen LogP contribution in [-0.2, 0) is 40.6 Å². The van der Waals surface area contributed by atoms with Gasteiger partial charge in [0.15, 0.2) is 0 Å². The van der Waals surface area contributed by atoms with Crippen LogP contribution in [0.15, 0.2) is 66.7 Å². The predicted molar refractivity (Wildman–Crippen MR) is 147 cm³/mol. The number of hydrogen-bond acceptors (Lipinski definition) is 3. The molecular formula is C32H23F2N5Pt. The van der Waals surface area contributed by atoms with Gasteiger partial charge in [-0.2, -0.15) is 11.3 Å². The Morgan fingerprint density at radius 3 is 2.20 bits per heavy atom. The third kappa shape index (κ3) is 4.33. The van der Waals surface area contributed by atoms with Crippen LogP contribution in [0.1, 0.15) is 30.5 Å². The van der Waals surface area contributed by atoms with Crippen LogP contribution in [0, 0.1) is 35.1 Å². The molecule has 0 bridgehead atoms. The molecule has 0 N–H and O–H groups in total. The van der Waals surface area contributed by atoms with Gasteiger partial charge in [-0.15, -0.1) is 35.9 Å². The Morgan fingerprint density at radius 1 is 0.875 bits per heavy atom. The van der Waals surface area contributed by atoms with Crippen molar-refractivity contribution in [2.45, 2.75) is 19.3 Å². The summed E-state index contributed by atoms with van der Waals surface area (Å²) in [6, 6.07) is 27.6. The molecule has 6 aromatic rings. The fourth-order valence-corrected chi connectivity index (χ4v) is 5.28. The molecule has 0 saturated carbocycles. The first kappa shape index (κ1) is 27.4. The minimum Gasteiger partial charge on any atom is -0.359 e. The average Bonchev–Trinajstić information content (AvgIpc) is 3.45. The van der Waals surface area contributed by atoms with E-state index in [4.69, 9.17) is 9.97 Å². The van der Waals surface area contributed by atoms with Gasteiger partial charge in [0.1, 0.15) is 0 Å². The number of nitrogens with zero attached hydrogens (tertiary/aromatic N) is 5. The molecule has 0 amide bonds. The van der Waals surface area contributed by atoms with E-state index in [9.17, 15) is 14.0 Å². The van der Waals surface area contributed by atoms with Crippen molar-refractivity contribution in [2.75, 3.05) is 0 Å². The van der Waals surface area contributed by atoms with Gasteiger partial charge in [-0.1, -0.05) is 49.2 Å². The first-order chi connectivity index (χ1) is 18.7. The van der Waals surface area contributed by atoms with E-state index in [0.717, 1.165) is 34.2 Å². The standard InChI is InChI=1S/C32H23F2N5.Pt/c1-32(2,23-13-12-22(33)17-25(23)34)24-8-7-11-28-29(24)37-31(39(28)4)21-15-19(18-35)14-20(16-21)30-36-26-9-5-6-10-27(26)38(30)3;/h5-12,14-15,17H,1-4H3;/q-2;+2. The Balaban J connectivity index is 0.00000323. The number of rotatable bonds is 4. The molecule has 0 aliphatic rings. The summed E-state index contributed by atoms with van der Waals surface area (Å²) >= 11 is 0. The molecule has 0 spiro atoms. The van der Waals surface area contributed by atoms with Crippen LogP contribution in [-0.4, -0.2) is 19.1 Å². The topological polar surface area (TPSA) is 59.4 Å². The van der Waals surface area contributed by atoms with Crippen molar-refractivity contribution < 1.29 is 29.8 Å². The van der Waals surface area contributed by atoms with E-state index in [2.05, 4.69) is 18.2 Å². The van der Waals surface area contributed by atoms with E-state index in [0.29, 0.717) is 33.9 Å². The van der Waals surface area contributed by atoms with E-state index in [1.165, 1.54) is 0 Å². The van der Waals surface area contributed by atoms with Gasteiger partial charge in [0.2, 0.25) is 0 Å². The van der Waals surface area contributed by atoms with E-state index in [1.807, 2.05) is 79.5 Å². The number of fused-ring (bicyclic) bond motifs is 2. The molecule has 2 heterocycles. The van der Waals surface area contributed by atoms with Crippen LogP contribution >= 0.6 is 0 Å². The minimum atomic E-state index is -0.848. The van der Waals surface area contributed by atoms with Crippen molar-refractivity contribution >= 4 is 22.1 Å². The first-order valence-electron chi connectivity index (χ1n) is 12.4. The van der Waals surface area contributed by atoms with Crippen LogP contribution in [0.5, 0.6) is 0 Å². The maximum absolute atomic E-state index is 14.8. The van der Waals surface area contributed by atoms with E-state index < -0.39 is 17.0 Å². The second kappa shape index (κ2) is 10.1. The normalized spacial score (nSPS) is 11.5.